The van der Waals surface area contributed by atoms with Gasteiger partial charge in [-0.05, 0) is 19.4 Å². The van der Waals surface area contributed by atoms with Gasteiger partial charge in [-0.3, -0.25) is 14.4 Å². The van der Waals surface area contributed by atoms with Gasteiger partial charge in [-0.15, -0.1) is 0 Å². The average Bonchev–Trinajstić information content (AvgIpc) is 2.44. The molecule has 0 fully saturated rings. The lowest BCUT2D eigenvalue weighted by Crippen LogP contribution is -2.46. The van der Waals surface area contributed by atoms with E-state index in [4.69, 9.17) is 5.11 Å². The standard InChI is InChI=1S/C15H17F2NO4/c1-8(15(21)22)18-14(20)11(9(2)19)12(13(16)17)10-6-4-3-5-7-10/h3-8,11-13H,1-2H3,(H,18,20)(H,21,22)/t8-,11?,12?/m0/s1. The number of alkyl halides is 2. The zero-order valence-electron chi connectivity index (χ0n) is 12.1. The SMILES string of the molecule is CC(=O)C(C(=O)N[C@@H](C)C(=O)O)C(c1ccccc1)C(F)F. The number of aliphatic carboxylic acids is 1. The summed E-state index contributed by atoms with van der Waals surface area (Å²) in [6.45, 7) is 2.23. The summed E-state index contributed by atoms with van der Waals surface area (Å²) in [5, 5.41) is 10.8. The number of nitrogens with one attached hydrogen (secondary N) is 1. The summed E-state index contributed by atoms with van der Waals surface area (Å²) in [4.78, 5) is 34.6. The molecule has 1 aromatic carbocycles. The molecule has 0 spiro atoms. The molecule has 0 aliphatic rings. The summed E-state index contributed by atoms with van der Waals surface area (Å²) < 4.78 is 26.8. The Balaban J connectivity index is 3.13. The smallest absolute Gasteiger partial charge is 0.325 e. The predicted octanol–water partition coefficient (Wildman–Crippen LogP) is 1.83. The minimum atomic E-state index is -2.94. The van der Waals surface area contributed by atoms with E-state index >= 15 is 0 Å². The molecule has 7 heteroatoms. The van der Waals surface area contributed by atoms with E-state index in [0.717, 1.165) is 6.92 Å². The summed E-state index contributed by atoms with van der Waals surface area (Å²) in [7, 11) is 0. The summed E-state index contributed by atoms with van der Waals surface area (Å²) >= 11 is 0. The molecule has 0 bridgehead atoms. The van der Waals surface area contributed by atoms with E-state index in [1.54, 1.807) is 6.07 Å². The van der Waals surface area contributed by atoms with E-state index in [1.807, 2.05) is 0 Å². The molecule has 0 radical (unpaired) electrons. The molecule has 2 N–H and O–H groups in total. The molecular weight excluding hydrogens is 296 g/mol. The molecule has 1 rings (SSSR count). The van der Waals surface area contributed by atoms with Crippen molar-refractivity contribution in [3.05, 3.63) is 35.9 Å². The van der Waals surface area contributed by atoms with Gasteiger partial charge in [0.15, 0.2) is 0 Å². The molecule has 2 unspecified atom stereocenters. The third kappa shape index (κ3) is 4.34. The Kier molecular flexibility index (Phi) is 6.15. The first-order valence-corrected chi connectivity index (χ1v) is 6.62. The second-order valence-corrected chi connectivity index (χ2v) is 4.93. The molecule has 120 valence electrons. The van der Waals surface area contributed by atoms with Crippen LogP contribution in [0.1, 0.15) is 25.3 Å². The Labute approximate surface area is 126 Å². The maximum absolute atomic E-state index is 13.4. The summed E-state index contributed by atoms with van der Waals surface area (Å²) in [6, 6.07) is 6.21. The number of amides is 1. The highest BCUT2D eigenvalue weighted by atomic mass is 19.3. The highest BCUT2D eigenvalue weighted by Gasteiger charge is 2.40. The van der Waals surface area contributed by atoms with Crippen molar-refractivity contribution in [2.24, 2.45) is 5.92 Å². The van der Waals surface area contributed by atoms with E-state index in [2.05, 4.69) is 5.32 Å². The molecule has 22 heavy (non-hydrogen) atoms. The third-order valence-corrected chi connectivity index (χ3v) is 3.26. The van der Waals surface area contributed by atoms with Crippen molar-refractivity contribution in [1.82, 2.24) is 5.32 Å². The van der Waals surface area contributed by atoms with Crippen molar-refractivity contribution < 1.29 is 28.3 Å². The maximum Gasteiger partial charge on any atom is 0.325 e. The Bertz CT molecular complexity index is 548. The van der Waals surface area contributed by atoms with Crippen LogP contribution >= 0.6 is 0 Å². The Hall–Kier alpha value is -2.31. The van der Waals surface area contributed by atoms with Crippen LogP contribution in [0.3, 0.4) is 0 Å². The molecule has 3 atom stereocenters. The van der Waals surface area contributed by atoms with Crippen LogP contribution in [0.15, 0.2) is 30.3 Å². The lowest BCUT2D eigenvalue weighted by molar-refractivity contribution is -0.144. The van der Waals surface area contributed by atoms with Gasteiger partial charge in [0.05, 0.1) is 5.92 Å². The highest BCUT2D eigenvalue weighted by Crippen LogP contribution is 2.32. The highest BCUT2D eigenvalue weighted by molar-refractivity contribution is 6.02. The maximum atomic E-state index is 13.4. The average molecular weight is 313 g/mol. The molecule has 1 aromatic rings. The molecule has 0 aromatic heterocycles. The zero-order chi connectivity index (χ0) is 16.9. The van der Waals surface area contributed by atoms with Crippen LogP contribution in [-0.2, 0) is 14.4 Å². The number of carboxylic acids is 1. The Morgan fingerprint density at radius 2 is 1.68 bits per heavy atom. The lowest BCUT2D eigenvalue weighted by atomic mass is 9.83. The first-order chi connectivity index (χ1) is 10.3. The second kappa shape index (κ2) is 7.63. The Morgan fingerprint density at radius 1 is 1.14 bits per heavy atom. The van der Waals surface area contributed by atoms with Crippen LogP contribution in [0.25, 0.3) is 0 Å². The van der Waals surface area contributed by atoms with Crippen LogP contribution < -0.4 is 5.32 Å². The van der Waals surface area contributed by atoms with Crippen molar-refractivity contribution in [2.45, 2.75) is 32.2 Å². The van der Waals surface area contributed by atoms with Crippen molar-refractivity contribution in [3.8, 4) is 0 Å². The number of carboxylic acid groups (broad SMARTS) is 1. The zero-order valence-corrected chi connectivity index (χ0v) is 12.1. The fourth-order valence-corrected chi connectivity index (χ4v) is 2.12. The molecule has 0 heterocycles. The number of hydrogen-bond donors (Lipinski definition) is 2. The molecule has 0 saturated heterocycles. The molecular formula is C15H17F2NO4. The van der Waals surface area contributed by atoms with Gasteiger partial charge >= 0.3 is 5.97 Å². The predicted molar refractivity (Wildman–Crippen MR) is 74.6 cm³/mol. The van der Waals surface area contributed by atoms with E-state index < -0.39 is 42.0 Å². The first-order valence-electron chi connectivity index (χ1n) is 6.62. The number of benzene rings is 1. The third-order valence-electron chi connectivity index (χ3n) is 3.26. The van der Waals surface area contributed by atoms with Gasteiger partial charge in [-0.1, -0.05) is 30.3 Å². The van der Waals surface area contributed by atoms with Crippen LogP contribution in [-0.4, -0.2) is 35.2 Å². The van der Waals surface area contributed by atoms with Gasteiger partial charge in [0.25, 0.3) is 0 Å². The fraction of sp³-hybridized carbons (Fsp3) is 0.400. The molecule has 1 amide bonds. The molecule has 0 aliphatic carbocycles. The minimum absolute atomic E-state index is 0.149. The fourth-order valence-electron chi connectivity index (χ4n) is 2.12. The molecule has 0 saturated carbocycles. The number of ketones is 1. The molecule has 5 nitrogen and oxygen atoms in total. The van der Waals surface area contributed by atoms with Crippen molar-refractivity contribution in [1.29, 1.82) is 0 Å². The lowest BCUT2D eigenvalue weighted by Gasteiger charge is -2.25. The van der Waals surface area contributed by atoms with E-state index in [-0.39, 0.29) is 5.56 Å². The number of carbonyl (C=O) groups is 3. The number of Topliss-reactive ketones (excluding diaryl/α,β-unsaturated/α-hetero) is 1. The topological polar surface area (TPSA) is 83.5 Å². The van der Waals surface area contributed by atoms with Crippen LogP contribution in [0, 0.1) is 5.92 Å². The number of carbonyl (C=O) groups excluding carboxylic acids is 2. The van der Waals surface area contributed by atoms with Gasteiger partial charge in [0.2, 0.25) is 12.3 Å². The van der Waals surface area contributed by atoms with Gasteiger partial charge in [-0.25, -0.2) is 8.78 Å². The van der Waals surface area contributed by atoms with E-state index in [1.165, 1.54) is 31.2 Å². The quantitative estimate of drug-likeness (QED) is 0.752. The normalized spacial score (nSPS) is 15.0. The van der Waals surface area contributed by atoms with Gasteiger partial charge in [-0.2, -0.15) is 0 Å². The van der Waals surface area contributed by atoms with Crippen LogP contribution in [0.4, 0.5) is 8.78 Å². The number of hydrogen-bond acceptors (Lipinski definition) is 3. The van der Waals surface area contributed by atoms with Crippen molar-refractivity contribution in [2.75, 3.05) is 0 Å². The van der Waals surface area contributed by atoms with Gasteiger partial charge < -0.3 is 10.4 Å². The molecule has 0 aliphatic heterocycles. The van der Waals surface area contributed by atoms with E-state index in [0.29, 0.717) is 0 Å². The largest absolute Gasteiger partial charge is 0.480 e. The van der Waals surface area contributed by atoms with Crippen LogP contribution in [0.2, 0.25) is 0 Å². The number of halogens is 2. The van der Waals surface area contributed by atoms with Crippen molar-refractivity contribution >= 4 is 17.7 Å². The second-order valence-electron chi connectivity index (χ2n) is 4.93. The first kappa shape index (κ1) is 17.7. The van der Waals surface area contributed by atoms with Crippen molar-refractivity contribution in [3.63, 3.8) is 0 Å². The summed E-state index contributed by atoms with van der Waals surface area (Å²) in [5.41, 5.74) is 0.149. The van der Waals surface area contributed by atoms with Crippen LogP contribution in [0.5, 0.6) is 0 Å². The van der Waals surface area contributed by atoms with Gasteiger partial charge in [0.1, 0.15) is 17.7 Å². The monoisotopic (exact) mass is 313 g/mol. The summed E-state index contributed by atoms with van der Waals surface area (Å²) in [5.74, 6) is -6.35. The number of rotatable bonds is 7. The van der Waals surface area contributed by atoms with Gasteiger partial charge in [0, 0.05) is 0 Å². The van der Waals surface area contributed by atoms with E-state index in [9.17, 15) is 23.2 Å². The Morgan fingerprint density at radius 3 is 2.09 bits per heavy atom. The summed E-state index contributed by atoms with van der Waals surface area (Å²) in [6.07, 6.45) is -2.94. The minimum Gasteiger partial charge on any atom is -0.480 e.